The van der Waals surface area contributed by atoms with Gasteiger partial charge in [-0.3, -0.25) is 0 Å². The summed E-state index contributed by atoms with van der Waals surface area (Å²) in [5, 5.41) is 9.50. The molecule has 0 aliphatic rings. The Morgan fingerprint density at radius 2 is 1.69 bits per heavy atom. The minimum Gasteiger partial charge on any atom is -0.469 e. The van der Waals surface area contributed by atoms with Crippen LogP contribution < -0.4 is 0 Å². The van der Waals surface area contributed by atoms with Gasteiger partial charge in [0.25, 0.3) is 11.1 Å². The lowest BCUT2D eigenvalue weighted by molar-refractivity contribution is 0.462. The van der Waals surface area contributed by atoms with Crippen molar-refractivity contribution in [3.63, 3.8) is 0 Å². The van der Waals surface area contributed by atoms with E-state index in [1.54, 1.807) is 6.26 Å². The van der Waals surface area contributed by atoms with Crippen molar-refractivity contribution in [2.75, 3.05) is 0 Å². The summed E-state index contributed by atoms with van der Waals surface area (Å²) in [5.74, 6) is 2.00. The van der Waals surface area contributed by atoms with Crippen molar-refractivity contribution in [1.29, 1.82) is 0 Å². The number of hydrogen-bond acceptors (Lipinski definition) is 7. The van der Waals surface area contributed by atoms with Crippen molar-refractivity contribution in [2.24, 2.45) is 0 Å². The normalized spacial score (nSPS) is 12.6. The van der Waals surface area contributed by atoms with Gasteiger partial charge in [-0.1, -0.05) is 41.5 Å². The molecule has 0 spiro atoms. The van der Waals surface area contributed by atoms with Gasteiger partial charge in [-0.25, -0.2) is 9.97 Å². The molecule has 26 heavy (non-hydrogen) atoms. The maximum Gasteiger partial charge on any atom is 0.283 e. The molecule has 0 fully saturated rings. The van der Waals surface area contributed by atoms with E-state index in [4.69, 9.17) is 18.8 Å². The highest BCUT2D eigenvalue weighted by Gasteiger charge is 2.24. The summed E-state index contributed by atoms with van der Waals surface area (Å²) in [6.07, 6.45) is 1.61. The Morgan fingerprint density at radius 3 is 2.27 bits per heavy atom. The molecule has 7 heteroatoms. The van der Waals surface area contributed by atoms with Crippen LogP contribution in [-0.4, -0.2) is 20.2 Å². The average Bonchev–Trinajstić information content (AvgIpc) is 3.14. The summed E-state index contributed by atoms with van der Waals surface area (Å²) >= 11 is 1.35. The number of rotatable bonds is 3. The van der Waals surface area contributed by atoms with E-state index in [-0.39, 0.29) is 10.8 Å². The summed E-state index contributed by atoms with van der Waals surface area (Å²) < 4.78 is 11.1. The molecular formula is C19H24N4O2S. The number of aryl methyl sites for hydroxylation is 1. The summed E-state index contributed by atoms with van der Waals surface area (Å²) in [6.45, 7) is 14.6. The molecular weight excluding hydrogens is 348 g/mol. The fourth-order valence-corrected chi connectivity index (χ4v) is 2.94. The molecule has 138 valence electrons. The topological polar surface area (TPSA) is 77.8 Å². The third-order valence-electron chi connectivity index (χ3n) is 3.83. The third-order valence-corrected chi connectivity index (χ3v) is 4.59. The van der Waals surface area contributed by atoms with E-state index in [0.29, 0.717) is 11.1 Å². The molecule has 0 aliphatic heterocycles. The zero-order valence-electron chi connectivity index (χ0n) is 16.2. The molecule has 0 unspecified atom stereocenters. The van der Waals surface area contributed by atoms with E-state index >= 15 is 0 Å². The van der Waals surface area contributed by atoms with Gasteiger partial charge in [-0.2, -0.15) is 0 Å². The molecule has 0 aromatic carbocycles. The van der Waals surface area contributed by atoms with Gasteiger partial charge >= 0.3 is 0 Å². The second-order valence-corrected chi connectivity index (χ2v) is 9.25. The first-order valence-corrected chi connectivity index (χ1v) is 9.31. The minimum atomic E-state index is -0.148. The van der Waals surface area contributed by atoms with Crippen molar-refractivity contribution >= 4 is 11.8 Å². The maximum absolute atomic E-state index is 5.78. The third kappa shape index (κ3) is 3.98. The Labute approximate surface area is 157 Å². The van der Waals surface area contributed by atoms with Gasteiger partial charge in [0.2, 0.25) is 0 Å². The smallest absolute Gasteiger partial charge is 0.283 e. The van der Waals surface area contributed by atoms with Crippen LogP contribution >= 0.6 is 11.8 Å². The lowest BCUT2D eigenvalue weighted by Gasteiger charge is -2.23. The highest BCUT2D eigenvalue weighted by molar-refractivity contribution is 7.99. The molecule has 0 saturated carbocycles. The van der Waals surface area contributed by atoms with Gasteiger partial charge in [-0.05, 0) is 30.8 Å². The molecule has 0 aliphatic carbocycles. The molecule has 6 nitrogen and oxygen atoms in total. The molecule has 0 N–H and O–H groups in total. The van der Waals surface area contributed by atoms with Crippen molar-refractivity contribution in [1.82, 2.24) is 20.2 Å². The van der Waals surface area contributed by atoms with Gasteiger partial charge in [0.15, 0.2) is 0 Å². The predicted molar refractivity (Wildman–Crippen MR) is 100 cm³/mol. The van der Waals surface area contributed by atoms with E-state index < -0.39 is 0 Å². The average molecular weight is 372 g/mol. The highest BCUT2D eigenvalue weighted by Crippen LogP contribution is 2.33. The molecule has 3 aromatic rings. The van der Waals surface area contributed by atoms with Gasteiger partial charge in [-0.15, -0.1) is 10.2 Å². The van der Waals surface area contributed by atoms with Crippen LogP contribution in [0.15, 0.2) is 37.5 Å². The van der Waals surface area contributed by atoms with Gasteiger partial charge in [0.1, 0.15) is 16.6 Å². The van der Waals surface area contributed by atoms with E-state index in [0.717, 1.165) is 27.9 Å². The van der Waals surface area contributed by atoms with E-state index in [1.807, 2.05) is 19.1 Å². The van der Waals surface area contributed by atoms with Crippen LogP contribution in [0.25, 0.3) is 11.5 Å². The van der Waals surface area contributed by atoms with Crippen LogP contribution in [0.1, 0.15) is 58.8 Å². The summed E-state index contributed by atoms with van der Waals surface area (Å²) in [6, 6.07) is 3.81. The number of nitrogens with zero attached hydrogens (tertiary/aromatic N) is 4. The molecule has 0 amide bonds. The quantitative estimate of drug-likeness (QED) is 0.587. The Hall–Kier alpha value is -2.15. The molecule has 3 heterocycles. The van der Waals surface area contributed by atoms with Crippen LogP contribution in [0.4, 0.5) is 0 Å². The molecule has 3 aromatic heterocycles. The Morgan fingerprint density at radius 1 is 0.962 bits per heavy atom. The second kappa shape index (κ2) is 6.54. The van der Waals surface area contributed by atoms with Crippen LogP contribution in [0.5, 0.6) is 0 Å². The Balaban J connectivity index is 1.95. The molecule has 0 bridgehead atoms. The zero-order valence-corrected chi connectivity index (χ0v) is 17.1. The summed E-state index contributed by atoms with van der Waals surface area (Å²) in [7, 11) is 0. The first kappa shape index (κ1) is 18.6. The fraction of sp³-hybridized carbons (Fsp3) is 0.474. The number of aromatic nitrogens is 4. The monoisotopic (exact) mass is 372 g/mol. The van der Waals surface area contributed by atoms with Crippen LogP contribution in [0.2, 0.25) is 0 Å². The van der Waals surface area contributed by atoms with Gasteiger partial charge < -0.3 is 8.83 Å². The van der Waals surface area contributed by atoms with Crippen molar-refractivity contribution in [2.45, 2.75) is 69.5 Å². The Bertz CT molecular complexity index is 884. The standard InChI is InChI=1S/C19H24N4O2S/c1-11-12(8-9-24-11)15-22-23-17(25-15)26-14-10-13(18(2,3)4)20-16(21-14)19(5,6)7/h8-10H,1-7H3. The number of hydrogen-bond donors (Lipinski definition) is 0. The molecule has 0 radical (unpaired) electrons. The van der Waals surface area contributed by atoms with E-state index in [1.165, 1.54) is 11.8 Å². The molecule has 0 atom stereocenters. The van der Waals surface area contributed by atoms with Gasteiger partial charge in [0, 0.05) is 10.8 Å². The van der Waals surface area contributed by atoms with Crippen molar-refractivity contribution in [3.05, 3.63) is 35.7 Å². The molecule has 3 rings (SSSR count). The van der Waals surface area contributed by atoms with Crippen molar-refractivity contribution in [3.8, 4) is 11.5 Å². The van der Waals surface area contributed by atoms with Crippen molar-refractivity contribution < 1.29 is 8.83 Å². The van der Waals surface area contributed by atoms with E-state index in [9.17, 15) is 0 Å². The van der Waals surface area contributed by atoms with Crippen LogP contribution in [0, 0.1) is 6.92 Å². The second-order valence-electron chi connectivity index (χ2n) is 8.28. The summed E-state index contributed by atoms with van der Waals surface area (Å²) in [5.41, 5.74) is 1.57. The lowest BCUT2D eigenvalue weighted by Crippen LogP contribution is -2.22. The fourth-order valence-electron chi connectivity index (χ4n) is 2.25. The first-order valence-electron chi connectivity index (χ1n) is 8.50. The highest BCUT2D eigenvalue weighted by atomic mass is 32.2. The Kier molecular flexibility index (Phi) is 4.69. The maximum atomic E-state index is 5.78. The number of furan rings is 1. The van der Waals surface area contributed by atoms with Crippen LogP contribution in [0.3, 0.4) is 0 Å². The summed E-state index contributed by atoms with van der Waals surface area (Å²) in [4.78, 5) is 9.48. The first-order chi connectivity index (χ1) is 12.0. The molecule has 0 saturated heterocycles. The zero-order chi connectivity index (χ0) is 19.1. The van der Waals surface area contributed by atoms with E-state index in [2.05, 4.69) is 51.7 Å². The minimum absolute atomic E-state index is 0.0772. The largest absolute Gasteiger partial charge is 0.469 e. The van der Waals surface area contributed by atoms with Gasteiger partial charge in [0.05, 0.1) is 17.5 Å². The van der Waals surface area contributed by atoms with Crippen LogP contribution in [-0.2, 0) is 10.8 Å². The predicted octanol–water partition coefficient (Wildman–Crippen LogP) is 5.17. The SMILES string of the molecule is Cc1occc1-c1nnc(Sc2cc(C(C)(C)C)nc(C(C)(C)C)n2)o1. The lowest BCUT2D eigenvalue weighted by atomic mass is 9.90.